The SMILES string of the molecule is C/C(O[Si](C)(C)C)=C1/CCCC1CCC#C[Si](C)(C)C. The second-order valence-corrected chi connectivity index (χ2v) is 17.2. The molecule has 1 aliphatic carbocycles. The average Bonchev–Trinajstić information content (AvgIpc) is 2.68. The number of hydrogen-bond donors (Lipinski definition) is 0. The first-order valence-electron chi connectivity index (χ1n) is 7.97. The van der Waals surface area contributed by atoms with Gasteiger partial charge in [-0.2, -0.15) is 0 Å². The van der Waals surface area contributed by atoms with E-state index in [2.05, 4.69) is 57.7 Å². The molecule has 0 heterocycles. The Morgan fingerprint density at radius 2 is 1.85 bits per heavy atom. The Hall–Kier alpha value is -0.466. The first-order chi connectivity index (χ1) is 9.08. The van der Waals surface area contributed by atoms with Crippen molar-refractivity contribution in [2.45, 2.75) is 78.3 Å². The molecule has 1 nitrogen and oxygen atoms in total. The molecule has 0 amide bonds. The van der Waals surface area contributed by atoms with Crippen LogP contribution in [0.1, 0.15) is 39.0 Å². The Morgan fingerprint density at radius 1 is 1.20 bits per heavy atom. The maximum absolute atomic E-state index is 6.20. The summed E-state index contributed by atoms with van der Waals surface area (Å²) in [4.78, 5) is 0. The summed E-state index contributed by atoms with van der Waals surface area (Å²) in [6.45, 7) is 15.9. The molecule has 0 saturated heterocycles. The summed E-state index contributed by atoms with van der Waals surface area (Å²) in [7, 11) is -2.66. The van der Waals surface area contributed by atoms with Gasteiger partial charge in [-0.25, -0.2) is 0 Å². The first-order valence-corrected chi connectivity index (χ1v) is 14.9. The van der Waals surface area contributed by atoms with E-state index in [1.165, 1.54) is 31.4 Å². The third-order valence-corrected chi connectivity index (χ3v) is 5.33. The summed E-state index contributed by atoms with van der Waals surface area (Å²) in [5, 5.41) is 0. The third kappa shape index (κ3) is 6.81. The van der Waals surface area contributed by atoms with Crippen LogP contribution >= 0.6 is 0 Å². The highest BCUT2D eigenvalue weighted by Crippen LogP contribution is 2.37. The molecule has 0 aromatic carbocycles. The van der Waals surface area contributed by atoms with Crippen LogP contribution in [0.25, 0.3) is 0 Å². The van der Waals surface area contributed by atoms with Crippen molar-refractivity contribution in [1.29, 1.82) is 0 Å². The van der Waals surface area contributed by atoms with Gasteiger partial charge in [0.25, 0.3) is 0 Å². The van der Waals surface area contributed by atoms with Gasteiger partial charge in [-0.3, -0.25) is 0 Å². The summed E-state index contributed by atoms with van der Waals surface area (Å²) in [5.41, 5.74) is 5.06. The molecule has 114 valence electrons. The predicted octanol–water partition coefficient (Wildman–Crippen LogP) is 5.57. The number of hydrogen-bond acceptors (Lipinski definition) is 1. The Labute approximate surface area is 128 Å². The van der Waals surface area contributed by atoms with Gasteiger partial charge < -0.3 is 4.43 Å². The zero-order valence-corrected chi connectivity index (χ0v) is 16.5. The minimum absolute atomic E-state index is 0.724. The molecule has 1 unspecified atom stereocenters. The zero-order chi connectivity index (χ0) is 15.4. The van der Waals surface area contributed by atoms with E-state index in [0.29, 0.717) is 0 Å². The van der Waals surface area contributed by atoms with Crippen molar-refractivity contribution in [3.05, 3.63) is 11.3 Å². The first kappa shape index (κ1) is 17.6. The number of rotatable bonds is 4. The van der Waals surface area contributed by atoms with Crippen molar-refractivity contribution >= 4 is 16.4 Å². The standard InChI is InChI=1S/C17H32OSi2/c1-15(18-20(5,6)7)17-13-10-12-16(17)11-8-9-14-19(2,3)4/h16H,8,10-13H2,1-7H3/b17-15+. The molecule has 0 aromatic rings. The maximum Gasteiger partial charge on any atom is 0.241 e. The summed E-state index contributed by atoms with van der Waals surface area (Å²) < 4.78 is 6.20. The van der Waals surface area contributed by atoms with Crippen LogP contribution in [0.2, 0.25) is 39.3 Å². The molecule has 3 heteroatoms. The van der Waals surface area contributed by atoms with Gasteiger partial charge in [0, 0.05) is 6.42 Å². The van der Waals surface area contributed by atoms with Gasteiger partial charge in [0.2, 0.25) is 8.32 Å². The molecule has 1 atom stereocenters. The summed E-state index contributed by atoms with van der Waals surface area (Å²) >= 11 is 0. The predicted molar refractivity (Wildman–Crippen MR) is 94.8 cm³/mol. The smallest absolute Gasteiger partial charge is 0.241 e. The number of allylic oxidation sites excluding steroid dienone is 2. The van der Waals surface area contributed by atoms with Crippen LogP contribution in [0.4, 0.5) is 0 Å². The molecular weight excluding hydrogens is 276 g/mol. The van der Waals surface area contributed by atoms with E-state index in [4.69, 9.17) is 4.43 Å². The zero-order valence-electron chi connectivity index (χ0n) is 14.5. The van der Waals surface area contributed by atoms with Gasteiger partial charge in [-0.1, -0.05) is 19.6 Å². The second-order valence-electron chi connectivity index (χ2n) is 7.98. The van der Waals surface area contributed by atoms with Gasteiger partial charge in [-0.15, -0.1) is 11.5 Å². The highest BCUT2D eigenvalue weighted by atomic mass is 28.4. The molecule has 0 bridgehead atoms. The van der Waals surface area contributed by atoms with E-state index in [9.17, 15) is 0 Å². The Bertz CT molecular complexity index is 413. The lowest BCUT2D eigenvalue weighted by atomic mass is 9.96. The minimum Gasteiger partial charge on any atom is -0.548 e. The Kier molecular flexibility index (Phi) is 6.15. The Morgan fingerprint density at radius 3 is 2.40 bits per heavy atom. The van der Waals surface area contributed by atoms with Gasteiger partial charge in [-0.05, 0) is 63.7 Å². The van der Waals surface area contributed by atoms with Crippen molar-refractivity contribution in [2.24, 2.45) is 5.92 Å². The highest BCUT2D eigenvalue weighted by molar-refractivity contribution is 6.83. The molecule has 0 aromatic heterocycles. The van der Waals surface area contributed by atoms with Gasteiger partial charge in [0.1, 0.15) is 8.07 Å². The molecule has 0 N–H and O–H groups in total. The van der Waals surface area contributed by atoms with Crippen LogP contribution < -0.4 is 0 Å². The molecule has 1 saturated carbocycles. The molecule has 1 fully saturated rings. The second kappa shape index (κ2) is 7.00. The fourth-order valence-electron chi connectivity index (χ4n) is 2.80. The lowest BCUT2D eigenvalue weighted by Crippen LogP contribution is -2.25. The van der Waals surface area contributed by atoms with Gasteiger partial charge >= 0.3 is 0 Å². The molecule has 20 heavy (non-hydrogen) atoms. The van der Waals surface area contributed by atoms with E-state index < -0.39 is 16.4 Å². The molecule has 0 aliphatic heterocycles. The molecule has 0 radical (unpaired) electrons. The monoisotopic (exact) mass is 308 g/mol. The Balaban J connectivity index is 2.61. The molecule has 1 rings (SSSR count). The molecule has 1 aliphatic rings. The lowest BCUT2D eigenvalue weighted by molar-refractivity contribution is 0.405. The van der Waals surface area contributed by atoms with Crippen LogP contribution in [-0.2, 0) is 4.43 Å². The van der Waals surface area contributed by atoms with Gasteiger partial charge in [0.15, 0.2) is 0 Å². The lowest BCUT2D eigenvalue weighted by Gasteiger charge is -2.23. The van der Waals surface area contributed by atoms with E-state index >= 15 is 0 Å². The summed E-state index contributed by atoms with van der Waals surface area (Å²) in [5.74, 6) is 5.37. The largest absolute Gasteiger partial charge is 0.548 e. The normalized spacial score (nSPS) is 22.2. The topological polar surface area (TPSA) is 9.23 Å². The van der Waals surface area contributed by atoms with Crippen molar-refractivity contribution < 1.29 is 4.43 Å². The van der Waals surface area contributed by atoms with E-state index in [1.54, 1.807) is 5.57 Å². The minimum atomic E-state index is -1.46. The van der Waals surface area contributed by atoms with Crippen LogP contribution in [0.15, 0.2) is 11.3 Å². The van der Waals surface area contributed by atoms with E-state index in [1.807, 2.05) is 0 Å². The van der Waals surface area contributed by atoms with Crippen LogP contribution in [0, 0.1) is 17.4 Å². The van der Waals surface area contributed by atoms with E-state index in [0.717, 1.165) is 12.3 Å². The highest BCUT2D eigenvalue weighted by Gasteiger charge is 2.25. The summed E-state index contributed by atoms with van der Waals surface area (Å²) in [6.07, 6.45) is 6.17. The average molecular weight is 309 g/mol. The summed E-state index contributed by atoms with van der Waals surface area (Å²) in [6, 6.07) is 0. The van der Waals surface area contributed by atoms with Crippen molar-refractivity contribution in [3.63, 3.8) is 0 Å². The van der Waals surface area contributed by atoms with Crippen molar-refractivity contribution in [2.75, 3.05) is 0 Å². The fourth-order valence-corrected chi connectivity index (χ4v) is 4.50. The maximum atomic E-state index is 6.20. The fraction of sp³-hybridized carbons (Fsp3) is 0.765. The van der Waals surface area contributed by atoms with Crippen LogP contribution in [0.3, 0.4) is 0 Å². The van der Waals surface area contributed by atoms with Crippen LogP contribution in [-0.4, -0.2) is 16.4 Å². The van der Waals surface area contributed by atoms with E-state index in [-0.39, 0.29) is 0 Å². The third-order valence-electron chi connectivity index (χ3n) is 3.48. The van der Waals surface area contributed by atoms with Gasteiger partial charge in [0.05, 0.1) is 5.76 Å². The van der Waals surface area contributed by atoms with Crippen LogP contribution in [0.5, 0.6) is 0 Å². The molecular formula is C17H32OSi2. The molecule has 0 spiro atoms. The quantitative estimate of drug-likeness (QED) is 0.374. The van der Waals surface area contributed by atoms with Crippen molar-refractivity contribution in [1.82, 2.24) is 0 Å². The van der Waals surface area contributed by atoms with Crippen molar-refractivity contribution in [3.8, 4) is 11.5 Å².